The highest BCUT2D eigenvalue weighted by molar-refractivity contribution is 7.23. The smallest absolute Gasteiger partial charge is 0.182 e. The average molecular weight is 439 g/mol. The first kappa shape index (κ1) is 21.1. The largest absolute Gasteiger partial charge is 0.300 e. The Bertz CT molecular complexity index is 1020. The fourth-order valence-electron chi connectivity index (χ4n) is 3.43. The molecule has 4 nitrogen and oxygen atoms in total. The predicted molar refractivity (Wildman–Crippen MR) is 123 cm³/mol. The summed E-state index contributed by atoms with van der Waals surface area (Å²) in [5, 5.41) is 1.75. The van der Waals surface area contributed by atoms with Crippen LogP contribution in [0.15, 0.2) is 36.5 Å². The molecule has 0 unspecified atom stereocenters. The molecular formula is C24H26N2O2S2. The Morgan fingerprint density at radius 3 is 2.50 bits per heavy atom. The molecule has 0 bridgehead atoms. The molecule has 0 saturated heterocycles. The number of ketones is 2. The molecule has 3 aromatic rings. The van der Waals surface area contributed by atoms with E-state index in [4.69, 9.17) is 4.98 Å². The second-order valence-electron chi connectivity index (χ2n) is 7.78. The van der Waals surface area contributed by atoms with Crippen molar-refractivity contribution in [2.24, 2.45) is 0 Å². The lowest BCUT2D eigenvalue weighted by Crippen LogP contribution is -2.03. The molecule has 1 saturated carbocycles. The van der Waals surface area contributed by atoms with E-state index in [2.05, 4.69) is 17.1 Å². The zero-order valence-corrected chi connectivity index (χ0v) is 18.9. The Balaban J connectivity index is 1.44. The van der Waals surface area contributed by atoms with Crippen LogP contribution in [0.4, 0.5) is 0 Å². The molecule has 1 aromatic carbocycles. The summed E-state index contributed by atoms with van der Waals surface area (Å²) in [7, 11) is 0. The highest BCUT2D eigenvalue weighted by Gasteiger charge is 2.32. The number of Topliss-reactive ketones (excluding diaryl/α,β-unsaturated/α-hetero) is 2. The summed E-state index contributed by atoms with van der Waals surface area (Å²) in [5.74, 6) is 0.937. The van der Waals surface area contributed by atoms with Crippen LogP contribution in [0.2, 0.25) is 0 Å². The van der Waals surface area contributed by atoms with Gasteiger partial charge in [-0.05, 0) is 37.2 Å². The average Bonchev–Trinajstić information content (AvgIpc) is 3.33. The van der Waals surface area contributed by atoms with Gasteiger partial charge in [0.2, 0.25) is 0 Å². The number of nitrogens with zero attached hydrogens (tertiary/aromatic N) is 2. The summed E-state index contributed by atoms with van der Waals surface area (Å²) in [6.45, 7) is 1.90. The number of thiazole rings is 2. The number of rotatable bonds is 11. The van der Waals surface area contributed by atoms with Gasteiger partial charge in [-0.15, -0.1) is 22.7 Å². The van der Waals surface area contributed by atoms with E-state index in [-0.39, 0.29) is 5.78 Å². The van der Waals surface area contributed by atoms with E-state index in [1.165, 1.54) is 0 Å². The maximum absolute atomic E-state index is 12.9. The molecule has 0 N–H and O–H groups in total. The van der Waals surface area contributed by atoms with Crippen LogP contribution in [-0.2, 0) is 4.79 Å². The molecule has 0 spiro atoms. The van der Waals surface area contributed by atoms with Crippen LogP contribution >= 0.6 is 22.7 Å². The molecule has 0 aliphatic heterocycles. The Morgan fingerprint density at radius 1 is 1.00 bits per heavy atom. The van der Waals surface area contributed by atoms with Crippen molar-refractivity contribution in [3.8, 4) is 20.5 Å². The highest BCUT2D eigenvalue weighted by atomic mass is 32.1. The first-order valence-electron chi connectivity index (χ1n) is 10.7. The number of carbonyl (C=O) groups excluding carboxylic acids is 2. The topological polar surface area (TPSA) is 59.9 Å². The molecular weight excluding hydrogens is 412 g/mol. The first-order valence-corrected chi connectivity index (χ1v) is 12.4. The van der Waals surface area contributed by atoms with Crippen LogP contribution in [-0.4, -0.2) is 21.5 Å². The van der Waals surface area contributed by atoms with Crippen molar-refractivity contribution in [3.05, 3.63) is 47.1 Å². The van der Waals surface area contributed by atoms with Gasteiger partial charge in [-0.2, -0.15) is 0 Å². The van der Waals surface area contributed by atoms with Gasteiger partial charge in [0.15, 0.2) is 15.8 Å². The van der Waals surface area contributed by atoms with E-state index in [1.807, 2.05) is 31.3 Å². The Kier molecular flexibility index (Phi) is 6.85. The van der Waals surface area contributed by atoms with Crippen molar-refractivity contribution in [2.75, 3.05) is 0 Å². The van der Waals surface area contributed by atoms with Crippen molar-refractivity contribution in [1.29, 1.82) is 0 Å². The molecule has 2 aromatic heterocycles. The van der Waals surface area contributed by atoms with Gasteiger partial charge in [-0.3, -0.25) is 9.59 Å². The zero-order valence-electron chi connectivity index (χ0n) is 17.2. The van der Waals surface area contributed by atoms with E-state index in [0.717, 1.165) is 57.4 Å². The van der Waals surface area contributed by atoms with Gasteiger partial charge in [0.25, 0.3) is 0 Å². The van der Waals surface area contributed by atoms with Gasteiger partial charge < -0.3 is 0 Å². The van der Waals surface area contributed by atoms with E-state index >= 15 is 0 Å². The Hall–Kier alpha value is -2.18. The van der Waals surface area contributed by atoms with Crippen LogP contribution in [0.5, 0.6) is 0 Å². The molecule has 2 heterocycles. The third-order valence-electron chi connectivity index (χ3n) is 5.37. The van der Waals surface area contributed by atoms with Crippen LogP contribution in [0.1, 0.15) is 79.6 Å². The normalized spacial score (nSPS) is 13.5. The van der Waals surface area contributed by atoms with Crippen molar-refractivity contribution in [2.45, 2.75) is 64.2 Å². The van der Waals surface area contributed by atoms with Crippen LogP contribution < -0.4 is 0 Å². The third kappa shape index (κ3) is 5.10. The molecule has 0 atom stereocenters. The van der Waals surface area contributed by atoms with Crippen LogP contribution in [0, 0.1) is 0 Å². The third-order valence-corrected chi connectivity index (χ3v) is 7.77. The number of unbranched alkanes of at least 4 members (excludes halogenated alkanes) is 2. The minimum Gasteiger partial charge on any atom is -0.300 e. The summed E-state index contributed by atoms with van der Waals surface area (Å²) in [6.07, 6.45) is 8.55. The van der Waals surface area contributed by atoms with E-state index in [0.29, 0.717) is 36.7 Å². The minimum absolute atomic E-state index is 0.140. The van der Waals surface area contributed by atoms with Gasteiger partial charge in [-0.25, -0.2) is 9.97 Å². The molecule has 4 rings (SSSR count). The van der Waals surface area contributed by atoms with Crippen molar-refractivity contribution in [3.63, 3.8) is 0 Å². The number of hydrogen-bond acceptors (Lipinski definition) is 6. The fourth-order valence-corrected chi connectivity index (χ4v) is 5.63. The highest BCUT2D eigenvalue weighted by Crippen LogP contribution is 2.47. The second kappa shape index (κ2) is 9.75. The number of benzene rings is 1. The lowest BCUT2D eigenvalue weighted by molar-refractivity contribution is -0.118. The Morgan fingerprint density at radius 2 is 1.77 bits per heavy atom. The van der Waals surface area contributed by atoms with Gasteiger partial charge in [0, 0.05) is 30.3 Å². The number of aromatic nitrogens is 2. The maximum atomic E-state index is 12.9. The van der Waals surface area contributed by atoms with Gasteiger partial charge in [0.05, 0.1) is 4.88 Å². The molecule has 1 aliphatic carbocycles. The minimum atomic E-state index is 0.140. The molecule has 0 amide bonds. The quantitative estimate of drug-likeness (QED) is 0.241. The van der Waals surface area contributed by atoms with Gasteiger partial charge in [0.1, 0.15) is 11.5 Å². The number of carbonyl (C=O) groups is 2. The molecule has 1 fully saturated rings. The maximum Gasteiger partial charge on any atom is 0.182 e. The first-order chi connectivity index (χ1) is 14.7. The molecule has 156 valence electrons. The van der Waals surface area contributed by atoms with Crippen molar-refractivity contribution >= 4 is 34.2 Å². The van der Waals surface area contributed by atoms with E-state index in [9.17, 15) is 9.59 Å². The summed E-state index contributed by atoms with van der Waals surface area (Å²) in [6, 6.07) is 10.2. The van der Waals surface area contributed by atoms with Gasteiger partial charge >= 0.3 is 0 Å². The van der Waals surface area contributed by atoms with Gasteiger partial charge in [-0.1, -0.05) is 43.7 Å². The summed E-state index contributed by atoms with van der Waals surface area (Å²) in [4.78, 5) is 35.9. The van der Waals surface area contributed by atoms with Crippen LogP contribution in [0.25, 0.3) is 20.5 Å². The molecule has 0 radical (unpaired) electrons. The summed E-state index contributed by atoms with van der Waals surface area (Å²) >= 11 is 3.27. The van der Waals surface area contributed by atoms with E-state index < -0.39 is 0 Å². The number of hydrogen-bond donors (Lipinski definition) is 0. The lowest BCUT2D eigenvalue weighted by atomic mass is 10.0. The molecule has 6 heteroatoms. The fraction of sp³-hybridized carbons (Fsp3) is 0.417. The molecule has 30 heavy (non-hydrogen) atoms. The van der Waals surface area contributed by atoms with Crippen molar-refractivity contribution in [1.82, 2.24) is 9.97 Å². The Labute approximate surface area is 185 Å². The summed E-state index contributed by atoms with van der Waals surface area (Å²) < 4.78 is 0. The lowest BCUT2D eigenvalue weighted by Gasteiger charge is -2.01. The zero-order chi connectivity index (χ0) is 20.9. The monoisotopic (exact) mass is 438 g/mol. The predicted octanol–water partition coefficient (Wildman–Crippen LogP) is 6.92. The standard InChI is InChI=1S/C24H26N2O2S2/c1-2-18(27)11-7-4-8-12-19(28)21-22(17-13-14-17)30-24(26-21)23-25-15-20(29-23)16-9-5-3-6-10-16/h3,5-6,9-10,15,17H,2,4,7-8,11-14H2,1H3. The second-order valence-corrected chi connectivity index (χ2v) is 9.84. The van der Waals surface area contributed by atoms with Crippen LogP contribution in [0.3, 0.4) is 0 Å². The van der Waals surface area contributed by atoms with E-state index in [1.54, 1.807) is 22.7 Å². The molecule has 1 aliphatic rings. The van der Waals surface area contributed by atoms with Crippen molar-refractivity contribution < 1.29 is 9.59 Å². The SMILES string of the molecule is CCC(=O)CCCCCC(=O)c1nc(-c2ncc(-c3ccccc3)s2)sc1C1CC1. The summed E-state index contributed by atoms with van der Waals surface area (Å²) in [5.41, 5.74) is 1.82.